The average Bonchev–Trinajstić information content (AvgIpc) is 2.63. The van der Waals surface area contributed by atoms with Crippen molar-refractivity contribution < 1.29 is 9.53 Å². The first-order valence-electron chi connectivity index (χ1n) is 11.0. The highest BCUT2D eigenvalue weighted by Gasteiger charge is 2.08. The van der Waals surface area contributed by atoms with Crippen LogP contribution in [0.25, 0.3) is 0 Å². The molecule has 0 amide bonds. The molecule has 0 aromatic heterocycles. The number of ether oxygens (including phenoxy) is 1. The van der Waals surface area contributed by atoms with Crippen LogP contribution in [-0.4, -0.2) is 13.1 Å². The van der Waals surface area contributed by atoms with Crippen molar-refractivity contribution in [2.75, 3.05) is 7.11 Å². The summed E-state index contributed by atoms with van der Waals surface area (Å²) in [5.74, 6) is -0.121. The summed E-state index contributed by atoms with van der Waals surface area (Å²) in [6.07, 6.45) is 23.7. The number of rotatable bonds is 18. The minimum absolute atomic E-state index is 0.121. The molecule has 0 aliphatic carbocycles. The molecule has 0 bridgehead atoms. The Kier molecular flexibility index (Phi) is 18.9. The zero-order chi connectivity index (χ0) is 18.6. The highest BCUT2D eigenvalue weighted by atomic mass is 16.5. The second-order valence-corrected chi connectivity index (χ2v) is 7.36. The van der Waals surface area contributed by atoms with E-state index in [1.54, 1.807) is 0 Å². The average molecular weight is 353 g/mol. The fourth-order valence-corrected chi connectivity index (χ4v) is 3.25. The Balaban J connectivity index is 3.73. The number of unbranched alkanes of at least 4 members (excludes halogenated alkanes) is 14. The van der Waals surface area contributed by atoms with E-state index in [-0.39, 0.29) is 5.97 Å². The number of allylic oxidation sites excluding steroid dienone is 1. The predicted molar refractivity (Wildman–Crippen MR) is 110 cm³/mol. The fraction of sp³-hybridized carbons (Fsp3) is 0.870. The molecule has 0 rings (SSSR count). The molecule has 0 aliphatic heterocycles. The molecule has 25 heavy (non-hydrogen) atoms. The van der Waals surface area contributed by atoms with Gasteiger partial charge in [-0.2, -0.15) is 0 Å². The van der Waals surface area contributed by atoms with Crippen molar-refractivity contribution in [3.05, 3.63) is 11.6 Å². The van der Waals surface area contributed by atoms with E-state index in [9.17, 15) is 4.79 Å². The molecule has 0 fully saturated rings. The van der Waals surface area contributed by atoms with Gasteiger partial charge < -0.3 is 4.74 Å². The van der Waals surface area contributed by atoms with E-state index in [4.69, 9.17) is 4.74 Å². The quantitative estimate of drug-likeness (QED) is 0.143. The zero-order valence-electron chi connectivity index (χ0n) is 17.4. The number of esters is 1. The van der Waals surface area contributed by atoms with E-state index in [0.717, 1.165) is 24.8 Å². The Hall–Kier alpha value is -0.790. The predicted octanol–water partition coefficient (Wildman–Crippen LogP) is 7.76. The lowest BCUT2D eigenvalue weighted by Gasteiger charge is -2.06. The van der Waals surface area contributed by atoms with Crippen molar-refractivity contribution in [3.8, 4) is 0 Å². The number of carbonyl (C=O) groups excluding carboxylic acids is 1. The van der Waals surface area contributed by atoms with Crippen LogP contribution in [0.15, 0.2) is 11.6 Å². The van der Waals surface area contributed by atoms with Crippen LogP contribution in [0.2, 0.25) is 0 Å². The molecule has 2 heteroatoms. The highest BCUT2D eigenvalue weighted by molar-refractivity contribution is 5.88. The molecule has 0 aromatic rings. The molecule has 0 N–H and O–H groups in total. The van der Waals surface area contributed by atoms with Crippen LogP contribution in [0.1, 0.15) is 123 Å². The maximum Gasteiger partial charge on any atom is 0.333 e. The molecule has 0 aliphatic rings. The first-order chi connectivity index (χ1) is 12.3. The third-order valence-electron chi connectivity index (χ3n) is 4.95. The van der Waals surface area contributed by atoms with Crippen LogP contribution in [0.3, 0.4) is 0 Å². The lowest BCUT2D eigenvalue weighted by molar-refractivity contribution is -0.136. The van der Waals surface area contributed by atoms with Gasteiger partial charge in [-0.05, 0) is 25.7 Å². The van der Waals surface area contributed by atoms with Crippen molar-refractivity contribution in [1.29, 1.82) is 0 Å². The van der Waals surface area contributed by atoms with Gasteiger partial charge in [-0.25, -0.2) is 4.79 Å². The van der Waals surface area contributed by atoms with Crippen LogP contribution in [0.4, 0.5) is 0 Å². The van der Waals surface area contributed by atoms with Crippen molar-refractivity contribution in [3.63, 3.8) is 0 Å². The largest absolute Gasteiger partial charge is 0.466 e. The lowest BCUT2D eigenvalue weighted by atomic mass is 10.0. The van der Waals surface area contributed by atoms with E-state index in [2.05, 4.69) is 19.9 Å². The molecule has 0 saturated heterocycles. The van der Waals surface area contributed by atoms with Crippen LogP contribution >= 0.6 is 0 Å². The monoisotopic (exact) mass is 352 g/mol. The third-order valence-corrected chi connectivity index (χ3v) is 4.95. The van der Waals surface area contributed by atoms with E-state index in [0.29, 0.717) is 0 Å². The highest BCUT2D eigenvalue weighted by Crippen LogP contribution is 2.16. The van der Waals surface area contributed by atoms with Gasteiger partial charge in [-0.1, -0.05) is 103 Å². The van der Waals surface area contributed by atoms with Gasteiger partial charge in [0, 0.05) is 5.57 Å². The summed E-state index contributed by atoms with van der Waals surface area (Å²) in [6, 6.07) is 0. The van der Waals surface area contributed by atoms with E-state index in [1.807, 2.05) is 0 Å². The number of hydrogen-bond acceptors (Lipinski definition) is 2. The summed E-state index contributed by atoms with van der Waals surface area (Å²) in [6.45, 7) is 4.51. The van der Waals surface area contributed by atoms with Crippen molar-refractivity contribution in [2.24, 2.45) is 0 Å². The summed E-state index contributed by atoms with van der Waals surface area (Å²) in [7, 11) is 1.50. The van der Waals surface area contributed by atoms with Gasteiger partial charge in [0.1, 0.15) is 0 Å². The summed E-state index contributed by atoms with van der Waals surface area (Å²) >= 11 is 0. The molecule has 0 atom stereocenters. The molecule has 0 heterocycles. The van der Waals surface area contributed by atoms with Crippen LogP contribution in [0.5, 0.6) is 0 Å². The molecule has 2 nitrogen and oxygen atoms in total. The maximum absolute atomic E-state index is 11.9. The number of carbonyl (C=O) groups is 1. The standard InChI is InChI=1S/C23H44O2/c1-4-6-8-10-12-13-14-15-17-19-21-22(23(24)25-3)20-18-16-11-9-7-5-2/h20H,4-19,21H2,1-3H3. The van der Waals surface area contributed by atoms with Crippen molar-refractivity contribution in [2.45, 2.75) is 123 Å². The maximum atomic E-state index is 11.9. The van der Waals surface area contributed by atoms with Gasteiger partial charge in [-0.15, -0.1) is 0 Å². The van der Waals surface area contributed by atoms with E-state index in [1.165, 1.54) is 97.0 Å². The van der Waals surface area contributed by atoms with Gasteiger partial charge in [0.05, 0.1) is 7.11 Å². The minimum atomic E-state index is -0.121. The smallest absolute Gasteiger partial charge is 0.333 e. The summed E-state index contributed by atoms with van der Waals surface area (Å²) in [5, 5.41) is 0. The SMILES string of the molecule is CCCCCCCC=C(CCCCCCCCCCCC)C(=O)OC. The van der Waals surface area contributed by atoms with Crippen molar-refractivity contribution in [1.82, 2.24) is 0 Å². The normalized spacial score (nSPS) is 11.7. The minimum Gasteiger partial charge on any atom is -0.466 e. The second-order valence-electron chi connectivity index (χ2n) is 7.36. The zero-order valence-corrected chi connectivity index (χ0v) is 17.4. The summed E-state index contributed by atoms with van der Waals surface area (Å²) in [5.41, 5.74) is 0.901. The fourth-order valence-electron chi connectivity index (χ4n) is 3.25. The first kappa shape index (κ1) is 24.2. The van der Waals surface area contributed by atoms with E-state index < -0.39 is 0 Å². The molecule has 0 aromatic carbocycles. The van der Waals surface area contributed by atoms with Crippen molar-refractivity contribution >= 4 is 5.97 Å². The molecular weight excluding hydrogens is 308 g/mol. The Morgan fingerprint density at radius 1 is 0.680 bits per heavy atom. The van der Waals surface area contributed by atoms with Gasteiger partial charge in [0.2, 0.25) is 0 Å². The molecule has 0 spiro atoms. The Bertz CT molecular complexity index is 320. The van der Waals surface area contributed by atoms with Gasteiger partial charge in [0.15, 0.2) is 0 Å². The molecule has 148 valence electrons. The number of hydrogen-bond donors (Lipinski definition) is 0. The molecule has 0 radical (unpaired) electrons. The Labute approximate surface area is 157 Å². The van der Waals surface area contributed by atoms with Crippen LogP contribution < -0.4 is 0 Å². The second kappa shape index (κ2) is 19.5. The molecule has 0 saturated carbocycles. The van der Waals surface area contributed by atoms with Gasteiger partial charge >= 0.3 is 5.97 Å². The molecular formula is C23H44O2. The van der Waals surface area contributed by atoms with Crippen LogP contribution in [-0.2, 0) is 9.53 Å². The first-order valence-corrected chi connectivity index (χ1v) is 11.0. The Morgan fingerprint density at radius 3 is 1.60 bits per heavy atom. The molecule has 0 unspecified atom stereocenters. The summed E-state index contributed by atoms with van der Waals surface area (Å²) < 4.78 is 4.94. The number of methoxy groups -OCH3 is 1. The summed E-state index contributed by atoms with van der Waals surface area (Å²) in [4.78, 5) is 11.9. The van der Waals surface area contributed by atoms with E-state index >= 15 is 0 Å². The third kappa shape index (κ3) is 16.4. The Morgan fingerprint density at radius 2 is 1.12 bits per heavy atom. The lowest BCUT2D eigenvalue weighted by Crippen LogP contribution is -2.05. The van der Waals surface area contributed by atoms with Gasteiger partial charge in [0.25, 0.3) is 0 Å². The topological polar surface area (TPSA) is 26.3 Å². The van der Waals surface area contributed by atoms with Crippen LogP contribution in [0, 0.1) is 0 Å². The van der Waals surface area contributed by atoms with Gasteiger partial charge in [-0.3, -0.25) is 0 Å².